The zero-order chi connectivity index (χ0) is 13.3. The minimum absolute atomic E-state index is 0.190. The number of nitrogens with two attached hydrogens (primary N) is 1. The molecule has 0 radical (unpaired) electrons. The molecule has 1 aliphatic rings. The number of rotatable bonds is 2. The predicted molar refractivity (Wildman–Crippen MR) is 78.1 cm³/mol. The molecule has 18 heavy (non-hydrogen) atoms. The van der Waals surface area contributed by atoms with Crippen LogP contribution < -0.4 is 10.6 Å². The fraction of sp³-hybridized carbons (Fsp3) is 0.600. The van der Waals surface area contributed by atoms with Gasteiger partial charge in [-0.1, -0.05) is 12.1 Å². The summed E-state index contributed by atoms with van der Waals surface area (Å²) in [7, 11) is 2.19. The highest BCUT2D eigenvalue weighted by molar-refractivity contribution is 5.50. The molecular formula is C15H25N3. The van der Waals surface area contributed by atoms with Gasteiger partial charge in [0.1, 0.15) is 0 Å². The number of nitrogens with zero attached hydrogens (tertiary/aromatic N) is 2. The van der Waals surface area contributed by atoms with Crippen LogP contribution in [0.2, 0.25) is 0 Å². The zero-order valence-electron chi connectivity index (χ0n) is 12.0. The topological polar surface area (TPSA) is 32.5 Å². The lowest BCUT2D eigenvalue weighted by Gasteiger charge is -2.50. The molecule has 0 bridgehead atoms. The Morgan fingerprint density at radius 3 is 2.72 bits per heavy atom. The van der Waals surface area contributed by atoms with Crippen molar-refractivity contribution in [1.29, 1.82) is 0 Å². The third kappa shape index (κ3) is 2.52. The van der Waals surface area contributed by atoms with E-state index >= 15 is 0 Å². The molecule has 0 spiro atoms. The van der Waals surface area contributed by atoms with E-state index in [2.05, 4.69) is 61.9 Å². The quantitative estimate of drug-likeness (QED) is 0.866. The van der Waals surface area contributed by atoms with Gasteiger partial charge in [-0.2, -0.15) is 0 Å². The lowest BCUT2D eigenvalue weighted by atomic mass is 9.95. The first kappa shape index (κ1) is 13.4. The highest BCUT2D eigenvalue weighted by Gasteiger charge is 2.36. The predicted octanol–water partition coefficient (Wildman–Crippen LogP) is 1.85. The molecule has 3 heteroatoms. The first-order valence-corrected chi connectivity index (χ1v) is 6.68. The Labute approximate surface area is 111 Å². The fourth-order valence-electron chi connectivity index (χ4n) is 2.64. The fourth-order valence-corrected chi connectivity index (χ4v) is 2.64. The summed E-state index contributed by atoms with van der Waals surface area (Å²) in [6.07, 6.45) is 0. The van der Waals surface area contributed by atoms with Gasteiger partial charge in [0.25, 0.3) is 0 Å². The van der Waals surface area contributed by atoms with E-state index in [1.807, 2.05) is 0 Å². The molecule has 1 saturated heterocycles. The van der Waals surface area contributed by atoms with Crippen molar-refractivity contribution in [3.63, 3.8) is 0 Å². The van der Waals surface area contributed by atoms with Crippen molar-refractivity contribution in [3.8, 4) is 0 Å². The molecule has 0 aromatic heterocycles. The highest BCUT2D eigenvalue weighted by Crippen LogP contribution is 2.28. The minimum Gasteiger partial charge on any atom is -0.364 e. The first-order valence-electron chi connectivity index (χ1n) is 6.68. The van der Waals surface area contributed by atoms with Gasteiger partial charge < -0.3 is 10.6 Å². The number of hydrogen-bond donors (Lipinski definition) is 1. The lowest BCUT2D eigenvalue weighted by molar-refractivity contribution is 0.116. The maximum absolute atomic E-state index is 5.95. The summed E-state index contributed by atoms with van der Waals surface area (Å²) in [5.74, 6) is 0. The van der Waals surface area contributed by atoms with Crippen LogP contribution in [0.5, 0.6) is 0 Å². The van der Waals surface area contributed by atoms with Crippen molar-refractivity contribution in [3.05, 3.63) is 29.8 Å². The summed E-state index contributed by atoms with van der Waals surface area (Å²) in [5, 5.41) is 0. The van der Waals surface area contributed by atoms with E-state index < -0.39 is 0 Å². The number of piperazine rings is 1. The molecule has 0 amide bonds. The Hall–Kier alpha value is -1.06. The average Bonchev–Trinajstić information content (AvgIpc) is 2.32. The van der Waals surface area contributed by atoms with Crippen LogP contribution in [0.25, 0.3) is 0 Å². The van der Waals surface area contributed by atoms with Crippen molar-refractivity contribution in [1.82, 2.24) is 4.90 Å². The van der Waals surface area contributed by atoms with Crippen LogP contribution in [0.4, 0.5) is 5.69 Å². The van der Waals surface area contributed by atoms with E-state index in [9.17, 15) is 0 Å². The molecule has 1 aromatic rings. The summed E-state index contributed by atoms with van der Waals surface area (Å²) >= 11 is 0. The maximum atomic E-state index is 5.95. The minimum atomic E-state index is 0.190. The molecule has 0 aliphatic carbocycles. The third-order valence-corrected chi connectivity index (χ3v) is 4.12. The van der Waals surface area contributed by atoms with Gasteiger partial charge >= 0.3 is 0 Å². The normalized spacial score (nSPS) is 24.3. The summed E-state index contributed by atoms with van der Waals surface area (Å²) in [4.78, 5) is 4.88. The Morgan fingerprint density at radius 2 is 2.11 bits per heavy atom. The van der Waals surface area contributed by atoms with Gasteiger partial charge in [-0.05, 0) is 45.5 Å². The molecule has 2 rings (SSSR count). The Morgan fingerprint density at radius 1 is 1.39 bits per heavy atom. The summed E-state index contributed by atoms with van der Waals surface area (Å²) < 4.78 is 0. The number of aryl methyl sites for hydroxylation is 1. The van der Waals surface area contributed by atoms with Gasteiger partial charge in [0.15, 0.2) is 0 Å². The second kappa shape index (κ2) is 4.90. The molecule has 1 fully saturated rings. The average molecular weight is 247 g/mol. The number of hydrogen-bond acceptors (Lipinski definition) is 3. The molecule has 0 saturated carbocycles. The molecule has 3 nitrogen and oxygen atoms in total. The summed E-state index contributed by atoms with van der Waals surface area (Å²) in [6, 6.07) is 9.12. The third-order valence-electron chi connectivity index (χ3n) is 4.12. The maximum Gasteiger partial charge on any atom is 0.0540 e. The summed E-state index contributed by atoms with van der Waals surface area (Å²) in [5.41, 5.74) is 8.74. The van der Waals surface area contributed by atoms with Gasteiger partial charge in [-0.15, -0.1) is 0 Å². The van der Waals surface area contributed by atoms with E-state index in [1.54, 1.807) is 0 Å². The van der Waals surface area contributed by atoms with E-state index in [-0.39, 0.29) is 5.54 Å². The Balaban J connectivity index is 2.29. The molecule has 1 aromatic carbocycles. The van der Waals surface area contributed by atoms with Gasteiger partial charge in [0, 0.05) is 30.9 Å². The van der Waals surface area contributed by atoms with Crippen molar-refractivity contribution in [2.75, 3.05) is 31.6 Å². The largest absolute Gasteiger partial charge is 0.364 e. The van der Waals surface area contributed by atoms with Crippen molar-refractivity contribution in [2.24, 2.45) is 5.73 Å². The van der Waals surface area contributed by atoms with Crippen LogP contribution in [-0.4, -0.2) is 43.2 Å². The SMILES string of the molecule is Cc1cccc(N2CC(C)(C)N(C)CC2CN)c1. The second-order valence-corrected chi connectivity index (χ2v) is 6.05. The van der Waals surface area contributed by atoms with Crippen LogP contribution in [0.15, 0.2) is 24.3 Å². The molecule has 1 aliphatic heterocycles. The number of likely N-dealkylation sites (N-methyl/N-ethyl adjacent to an activating group) is 1. The molecule has 1 atom stereocenters. The monoisotopic (exact) mass is 247 g/mol. The van der Waals surface area contributed by atoms with E-state index in [1.165, 1.54) is 11.3 Å². The van der Waals surface area contributed by atoms with Crippen LogP contribution in [0.1, 0.15) is 19.4 Å². The van der Waals surface area contributed by atoms with E-state index in [4.69, 9.17) is 5.73 Å². The van der Waals surface area contributed by atoms with Gasteiger partial charge in [-0.3, -0.25) is 4.90 Å². The highest BCUT2D eigenvalue weighted by atomic mass is 15.3. The molecular weight excluding hydrogens is 222 g/mol. The first-order chi connectivity index (χ1) is 8.44. The zero-order valence-corrected chi connectivity index (χ0v) is 12.0. The molecule has 1 unspecified atom stereocenters. The summed E-state index contributed by atoms with van der Waals surface area (Å²) in [6.45, 7) is 9.48. The second-order valence-electron chi connectivity index (χ2n) is 6.05. The van der Waals surface area contributed by atoms with E-state index in [0.717, 1.165) is 13.1 Å². The van der Waals surface area contributed by atoms with Crippen LogP contribution in [0.3, 0.4) is 0 Å². The van der Waals surface area contributed by atoms with Gasteiger partial charge in [-0.25, -0.2) is 0 Å². The smallest absolute Gasteiger partial charge is 0.0540 e. The lowest BCUT2D eigenvalue weighted by Crippen LogP contribution is -2.64. The van der Waals surface area contributed by atoms with Gasteiger partial charge in [0.2, 0.25) is 0 Å². The number of anilines is 1. The standard InChI is InChI=1S/C15H25N3/c1-12-6-5-7-13(8-12)18-11-15(2,3)17(4)10-14(18)9-16/h5-8,14H,9-11,16H2,1-4H3. The Bertz CT molecular complexity index is 414. The van der Waals surface area contributed by atoms with Crippen LogP contribution in [-0.2, 0) is 0 Å². The molecule has 100 valence electrons. The Kier molecular flexibility index (Phi) is 3.64. The van der Waals surface area contributed by atoms with Crippen molar-refractivity contribution >= 4 is 5.69 Å². The van der Waals surface area contributed by atoms with Crippen molar-refractivity contribution in [2.45, 2.75) is 32.4 Å². The van der Waals surface area contributed by atoms with E-state index in [0.29, 0.717) is 12.6 Å². The van der Waals surface area contributed by atoms with Crippen LogP contribution in [0, 0.1) is 6.92 Å². The number of benzene rings is 1. The molecule has 1 heterocycles. The van der Waals surface area contributed by atoms with Crippen LogP contribution >= 0.6 is 0 Å². The van der Waals surface area contributed by atoms with Gasteiger partial charge in [0.05, 0.1) is 6.04 Å². The molecule has 2 N–H and O–H groups in total. The van der Waals surface area contributed by atoms with Crippen molar-refractivity contribution < 1.29 is 0 Å².